The van der Waals surface area contributed by atoms with E-state index < -0.39 is 12.1 Å². The summed E-state index contributed by atoms with van der Waals surface area (Å²) in [7, 11) is 0. The van der Waals surface area contributed by atoms with Crippen molar-refractivity contribution in [2.75, 3.05) is 6.54 Å². The van der Waals surface area contributed by atoms with Crippen LogP contribution < -0.4 is 5.32 Å². The lowest BCUT2D eigenvalue weighted by atomic mass is 10.0. The maximum Gasteiger partial charge on any atom is 0.246 e. The van der Waals surface area contributed by atoms with Crippen molar-refractivity contribution in [1.82, 2.24) is 10.2 Å². The molecule has 112 valence electrons. The molecule has 0 aliphatic carbocycles. The van der Waals surface area contributed by atoms with Gasteiger partial charge >= 0.3 is 0 Å². The Hall–Kier alpha value is -1.81. The molecule has 1 aliphatic rings. The summed E-state index contributed by atoms with van der Waals surface area (Å²) >= 11 is 5.67. The highest BCUT2D eigenvalue weighted by molar-refractivity contribution is 6.25. The van der Waals surface area contributed by atoms with Gasteiger partial charge in [0.2, 0.25) is 11.8 Å². The van der Waals surface area contributed by atoms with Gasteiger partial charge in [-0.15, -0.1) is 0 Å². The first-order valence-corrected chi connectivity index (χ1v) is 7.37. The maximum absolute atomic E-state index is 12.6. The van der Waals surface area contributed by atoms with Crippen LogP contribution >= 0.6 is 11.6 Å². The summed E-state index contributed by atoms with van der Waals surface area (Å²) in [5.41, 5.74) is 3.32. The summed E-state index contributed by atoms with van der Waals surface area (Å²) in [5.74, 6) is -0.193. The van der Waals surface area contributed by atoms with E-state index >= 15 is 0 Å². The minimum absolute atomic E-state index is 0.0659. The molecule has 5 heteroatoms. The fraction of sp³-hybridized carbons (Fsp3) is 0.375. The predicted octanol–water partition coefficient (Wildman–Crippen LogP) is 2.09. The van der Waals surface area contributed by atoms with Crippen LogP contribution in [-0.4, -0.2) is 35.3 Å². The highest BCUT2D eigenvalue weighted by atomic mass is 35.5. The van der Waals surface area contributed by atoms with Crippen molar-refractivity contribution < 1.29 is 9.59 Å². The molecule has 2 atom stereocenters. The Morgan fingerprint density at radius 2 is 2.00 bits per heavy atom. The smallest absolute Gasteiger partial charge is 0.246 e. The van der Waals surface area contributed by atoms with E-state index in [0.29, 0.717) is 13.0 Å². The van der Waals surface area contributed by atoms with Crippen LogP contribution in [0.1, 0.15) is 19.4 Å². The summed E-state index contributed by atoms with van der Waals surface area (Å²) in [6.07, 6.45) is 0.498. The number of halogens is 1. The van der Waals surface area contributed by atoms with E-state index in [9.17, 15) is 9.59 Å². The third kappa shape index (κ3) is 3.64. The summed E-state index contributed by atoms with van der Waals surface area (Å²) in [4.78, 5) is 26.2. The van der Waals surface area contributed by atoms with Crippen LogP contribution in [0.4, 0.5) is 0 Å². The molecule has 1 aliphatic heterocycles. The first kappa shape index (κ1) is 15.6. The van der Waals surface area contributed by atoms with Crippen LogP contribution in [0.15, 0.2) is 41.4 Å². The molecule has 0 aromatic heterocycles. The molecular formula is C16H19ClN2O2. The Morgan fingerprint density at radius 3 is 2.62 bits per heavy atom. The molecule has 1 aromatic rings. The van der Waals surface area contributed by atoms with E-state index in [4.69, 9.17) is 11.6 Å². The number of carbonyl (C=O) groups is 2. The lowest BCUT2D eigenvalue weighted by molar-refractivity contribution is -0.148. The van der Waals surface area contributed by atoms with Gasteiger partial charge in [-0.1, -0.05) is 41.9 Å². The molecule has 1 N–H and O–H groups in total. The Bertz CT molecular complexity index is 557. The van der Waals surface area contributed by atoms with E-state index in [1.165, 1.54) is 5.54 Å². The Kier molecular flexibility index (Phi) is 5.02. The zero-order chi connectivity index (χ0) is 15.4. The lowest BCUT2D eigenvalue weighted by Gasteiger charge is -2.37. The molecule has 0 bridgehead atoms. The molecule has 1 heterocycles. The molecule has 4 nitrogen and oxygen atoms in total. The van der Waals surface area contributed by atoms with Gasteiger partial charge in [0.05, 0.1) is 0 Å². The number of nitrogens with zero attached hydrogens (tertiary/aromatic N) is 1. The molecule has 0 radical (unpaired) electrons. The molecule has 21 heavy (non-hydrogen) atoms. The van der Waals surface area contributed by atoms with Crippen LogP contribution in [0.3, 0.4) is 0 Å². The number of rotatable bonds is 4. The van der Waals surface area contributed by atoms with E-state index in [1.807, 2.05) is 37.3 Å². The number of piperazine rings is 1. The lowest BCUT2D eigenvalue weighted by Crippen LogP contribution is -2.63. The van der Waals surface area contributed by atoms with E-state index in [-0.39, 0.29) is 11.8 Å². The fourth-order valence-corrected chi connectivity index (χ4v) is 2.46. The van der Waals surface area contributed by atoms with Gasteiger partial charge in [-0.3, -0.25) is 9.59 Å². The SMILES string of the molecule is C/C(=C\Cl)CN1C(=O)C(Cc2ccccc2)NC(=O)C1C. The minimum atomic E-state index is -0.515. The monoisotopic (exact) mass is 306 g/mol. The summed E-state index contributed by atoms with van der Waals surface area (Å²) in [6, 6.07) is 8.68. The fourth-order valence-electron chi connectivity index (χ4n) is 2.39. The van der Waals surface area contributed by atoms with E-state index in [1.54, 1.807) is 11.8 Å². The highest BCUT2D eigenvalue weighted by Crippen LogP contribution is 2.15. The van der Waals surface area contributed by atoms with Gasteiger partial charge in [0.25, 0.3) is 0 Å². The first-order valence-electron chi connectivity index (χ1n) is 6.93. The van der Waals surface area contributed by atoms with E-state index in [2.05, 4.69) is 5.32 Å². The number of benzene rings is 1. The zero-order valence-electron chi connectivity index (χ0n) is 12.2. The van der Waals surface area contributed by atoms with Gasteiger partial charge in [-0.05, 0) is 25.0 Å². The van der Waals surface area contributed by atoms with Crippen molar-refractivity contribution in [3.63, 3.8) is 0 Å². The average Bonchev–Trinajstić information content (AvgIpc) is 2.50. The van der Waals surface area contributed by atoms with Gasteiger partial charge in [-0.25, -0.2) is 0 Å². The van der Waals surface area contributed by atoms with Gasteiger partial charge in [-0.2, -0.15) is 0 Å². The van der Waals surface area contributed by atoms with Gasteiger partial charge in [0.1, 0.15) is 12.1 Å². The second-order valence-corrected chi connectivity index (χ2v) is 5.57. The van der Waals surface area contributed by atoms with Gasteiger partial charge in [0.15, 0.2) is 0 Å². The van der Waals surface area contributed by atoms with Crippen LogP contribution in [-0.2, 0) is 16.0 Å². The number of carbonyl (C=O) groups excluding carboxylic acids is 2. The zero-order valence-corrected chi connectivity index (χ0v) is 12.9. The summed E-state index contributed by atoms with van der Waals surface area (Å²) < 4.78 is 0. The van der Waals surface area contributed by atoms with Crippen LogP contribution in [0, 0.1) is 0 Å². The Labute approximate surface area is 129 Å². The van der Waals surface area contributed by atoms with Crippen molar-refractivity contribution in [2.45, 2.75) is 32.4 Å². The normalized spacial score (nSPS) is 23.2. The average molecular weight is 307 g/mol. The summed E-state index contributed by atoms with van der Waals surface area (Å²) in [6.45, 7) is 3.95. The topological polar surface area (TPSA) is 49.4 Å². The molecule has 2 unspecified atom stereocenters. The van der Waals surface area contributed by atoms with Crippen molar-refractivity contribution in [1.29, 1.82) is 0 Å². The Morgan fingerprint density at radius 1 is 1.33 bits per heavy atom. The predicted molar refractivity (Wildman–Crippen MR) is 82.9 cm³/mol. The van der Waals surface area contributed by atoms with E-state index in [0.717, 1.165) is 11.1 Å². The standard InChI is InChI=1S/C16H19ClN2O2/c1-11(9-17)10-19-12(2)15(20)18-14(16(19)21)8-13-6-4-3-5-7-13/h3-7,9,12,14H,8,10H2,1-2H3,(H,18,20)/b11-9+. The first-order chi connectivity index (χ1) is 10.0. The van der Waals surface area contributed by atoms with Crippen LogP contribution in [0.5, 0.6) is 0 Å². The van der Waals surface area contributed by atoms with Crippen LogP contribution in [0.2, 0.25) is 0 Å². The molecule has 2 amide bonds. The van der Waals surface area contributed by atoms with Gasteiger partial charge in [0, 0.05) is 18.5 Å². The van der Waals surface area contributed by atoms with Crippen molar-refractivity contribution in [3.05, 3.63) is 47.0 Å². The molecular weight excluding hydrogens is 288 g/mol. The molecule has 2 rings (SSSR count). The third-order valence-electron chi connectivity index (χ3n) is 3.63. The number of amides is 2. The molecule has 0 saturated carbocycles. The second kappa shape index (κ2) is 6.76. The van der Waals surface area contributed by atoms with Crippen molar-refractivity contribution in [3.8, 4) is 0 Å². The third-order valence-corrected chi connectivity index (χ3v) is 4.01. The largest absolute Gasteiger partial charge is 0.342 e. The van der Waals surface area contributed by atoms with Crippen molar-refractivity contribution in [2.24, 2.45) is 0 Å². The number of hydrogen-bond acceptors (Lipinski definition) is 2. The minimum Gasteiger partial charge on any atom is -0.342 e. The Balaban J connectivity index is 2.16. The maximum atomic E-state index is 12.6. The highest BCUT2D eigenvalue weighted by Gasteiger charge is 2.37. The molecule has 1 fully saturated rings. The quantitative estimate of drug-likeness (QED) is 0.926. The van der Waals surface area contributed by atoms with Crippen LogP contribution in [0.25, 0.3) is 0 Å². The number of nitrogens with one attached hydrogen (secondary N) is 1. The van der Waals surface area contributed by atoms with Crippen molar-refractivity contribution >= 4 is 23.4 Å². The molecule has 1 saturated heterocycles. The molecule has 0 spiro atoms. The number of hydrogen-bond donors (Lipinski definition) is 1. The summed E-state index contributed by atoms with van der Waals surface area (Å²) in [5, 5.41) is 2.80. The molecule has 1 aromatic carbocycles. The van der Waals surface area contributed by atoms with Gasteiger partial charge < -0.3 is 10.2 Å². The second-order valence-electron chi connectivity index (χ2n) is 5.35.